The van der Waals surface area contributed by atoms with Gasteiger partial charge in [-0.25, -0.2) is 4.39 Å². The fourth-order valence-corrected chi connectivity index (χ4v) is 2.91. The van der Waals surface area contributed by atoms with Gasteiger partial charge in [0.05, 0.1) is 5.75 Å². The summed E-state index contributed by atoms with van der Waals surface area (Å²) in [6.45, 7) is 5.15. The fraction of sp³-hybridized carbons (Fsp3) is 0.588. The first-order valence-corrected chi connectivity index (χ1v) is 8.90. The average Bonchev–Trinajstić information content (AvgIpc) is 2.49. The Labute approximate surface area is 131 Å². The molecule has 0 radical (unpaired) electrons. The molecule has 2 nitrogen and oxygen atoms in total. The molecular formula is C17H26FNOS. The highest BCUT2D eigenvalue weighted by atomic mass is 32.2. The molecule has 118 valence electrons. The number of hydrogen-bond donors (Lipinski definition) is 1. The third kappa shape index (κ3) is 8.10. The number of halogens is 1. The molecule has 0 heterocycles. The van der Waals surface area contributed by atoms with Gasteiger partial charge in [-0.2, -0.15) is 0 Å². The number of benzene rings is 1. The normalized spacial score (nSPS) is 12.1. The maximum Gasteiger partial charge on any atom is 0.230 e. The molecular weight excluding hydrogens is 285 g/mol. The number of amides is 1. The molecule has 21 heavy (non-hydrogen) atoms. The van der Waals surface area contributed by atoms with Gasteiger partial charge in [0, 0.05) is 12.3 Å². The molecule has 0 unspecified atom stereocenters. The predicted molar refractivity (Wildman–Crippen MR) is 88.9 cm³/mol. The second-order valence-electron chi connectivity index (χ2n) is 5.34. The quantitative estimate of drug-likeness (QED) is 0.694. The molecule has 0 aromatic heterocycles. The van der Waals surface area contributed by atoms with Crippen LogP contribution in [0.2, 0.25) is 0 Å². The van der Waals surface area contributed by atoms with Gasteiger partial charge in [-0.05, 0) is 30.0 Å². The smallest absolute Gasteiger partial charge is 0.230 e. The van der Waals surface area contributed by atoms with Crippen LogP contribution in [0, 0.1) is 11.7 Å². The second kappa shape index (κ2) is 10.7. The summed E-state index contributed by atoms with van der Waals surface area (Å²) >= 11 is 1.56. The molecule has 0 saturated carbocycles. The molecule has 1 aromatic rings. The van der Waals surface area contributed by atoms with Crippen LogP contribution < -0.4 is 5.32 Å². The van der Waals surface area contributed by atoms with Crippen LogP contribution in [0.5, 0.6) is 0 Å². The first-order valence-electron chi connectivity index (χ1n) is 7.74. The molecule has 1 amide bonds. The Morgan fingerprint density at radius 2 is 2.00 bits per heavy atom. The van der Waals surface area contributed by atoms with Crippen molar-refractivity contribution in [3.8, 4) is 0 Å². The van der Waals surface area contributed by atoms with Crippen molar-refractivity contribution >= 4 is 17.7 Å². The largest absolute Gasteiger partial charge is 0.355 e. The van der Waals surface area contributed by atoms with Crippen molar-refractivity contribution in [2.45, 2.75) is 45.3 Å². The van der Waals surface area contributed by atoms with Gasteiger partial charge in [-0.15, -0.1) is 11.8 Å². The van der Waals surface area contributed by atoms with Crippen molar-refractivity contribution in [1.82, 2.24) is 5.32 Å². The first-order chi connectivity index (χ1) is 10.2. The van der Waals surface area contributed by atoms with Crippen molar-refractivity contribution in [3.05, 3.63) is 35.6 Å². The highest BCUT2D eigenvalue weighted by Crippen LogP contribution is 2.13. The summed E-state index contributed by atoms with van der Waals surface area (Å²) in [5.41, 5.74) is 1.04. The molecule has 4 heteroatoms. The standard InChI is InChI=1S/C17H26FNOS/c1-3-5-6-14(4-2)11-19-17(20)13-21-12-15-7-9-16(18)10-8-15/h7-10,14H,3-6,11-13H2,1-2H3,(H,19,20)/t14-/m1/s1. The molecule has 1 aromatic carbocycles. The number of thioether (sulfide) groups is 1. The zero-order valence-electron chi connectivity index (χ0n) is 13.0. The van der Waals surface area contributed by atoms with E-state index in [9.17, 15) is 9.18 Å². The van der Waals surface area contributed by atoms with Gasteiger partial charge in [0.25, 0.3) is 0 Å². The van der Waals surface area contributed by atoms with E-state index in [-0.39, 0.29) is 11.7 Å². The molecule has 1 atom stereocenters. The van der Waals surface area contributed by atoms with Crippen LogP contribution in [0.1, 0.15) is 45.1 Å². The Hall–Kier alpha value is -1.03. The predicted octanol–water partition coefficient (Wildman–Crippen LogP) is 4.39. The van der Waals surface area contributed by atoms with E-state index in [0.29, 0.717) is 11.7 Å². The number of carbonyl (C=O) groups excluding carboxylic acids is 1. The van der Waals surface area contributed by atoms with Crippen LogP contribution in [-0.4, -0.2) is 18.2 Å². The number of carbonyl (C=O) groups is 1. The summed E-state index contributed by atoms with van der Waals surface area (Å²) in [6.07, 6.45) is 4.74. The molecule has 1 rings (SSSR count). The number of hydrogen-bond acceptors (Lipinski definition) is 2. The summed E-state index contributed by atoms with van der Waals surface area (Å²) < 4.78 is 12.8. The van der Waals surface area contributed by atoms with Crippen molar-refractivity contribution in [2.24, 2.45) is 5.92 Å². The third-order valence-corrected chi connectivity index (χ3v) is 4.55. The van der Waals surface area contributed by atoms with Crippen molar-refractivity contribution in [1.29, 1.82) is 0 Å². The van der Waals surface area contributed by atoms with Gasteiger partial charge in [0.15, 0.2) is 0 Å². The lowest BCUT2D eigenvalue weighted by Gasteiger charge is -2.15. The van der Waals surface area contributed by atoms with Gasteiger partial charge < -0.3 is 5.32 Å². The zero-order valence-corrected chi connectivity index (χ0v) is 13.8. The Morgan fingerprint density at radius 3 is 2.62 bits per heavy atom. The summed E-state index contributed by atoms with van der Waals surface area (Å²) in [4.78, 5) is 11.8. The highest BCUT2D eigenvalue weighted by Gasteiger charge is 2.08. The van der Waals surface area contributed by atoms with Crippen molar-refractivity contribution in [2.75, 3.05) is 12.3 Å². The van der Waals surface area contributed by atoms with E-state index in [0.717, 1.165) is 24.3 Å². The summed E-state index contributed by atoms with van der Waals surface area (Å²) in [5.74, 6) is 1.66. The van der Waals surface area contributed by atoms with Crippen LogP contribution in [0.3, 0.4) is 0 Å². The van der Waals surface area contributed by atoms with Crippen LogP contribution >= 0.6 is 11.8 Å². The molecule has 0 saturated heterocycles. The molecule has 0 bridgehead atoms. The van der Waals surface area contributed by atoms with E-state index in [1.54, 1.807) is 23.9 Å². The average molecular weight is 311 g/mol. The van der Waals surface area contributed by atoms with E-state index in [1.807, 2.05) is 0 Å². The minimum Gasteiger partial charge on any atom is -0.355 e. The monoisotopic (exact) mass is 311 g/mol. The SMILES string of the molecule is CCCC[C@@H](CC)CNC(=O)CSCc1ccc(F)cc1. The summed E-state index contributed by atoms with van der Waals surface area (Å²) in [6, 6.07) is 6.43. The van der Waals surface area contributed by atoms with Crippen LogP contribution in [0.4, 0.5) is 4.39 Å². The number of rotatable bonds is 10. The maximum absolute atomic E-state index is 12.8. The lowest BCUT2D eigenvalue weighted by atomic mass is 9.99. The zero-order chi connectivity index (χ0) is 15.5. The fourth-order valence-electron chi connectivity index (χ4n) is 2.09. The topological polar surface area (TPSA) is 29.1 Å². The van der Waals surface area contributed by atoms with Gasteiger partial charge in [-0.3, -0.25) is 4.79 Å². The van der Waals surface area contributed by atoms with E-state index in [4.69, 9.17) is 0 Å². The molecule has 0 aliphatic heterocycles. The van der Waals surface area contributed by atoms with E-state index < -0.39 is 0 Å². The number of unbranched alkanes of at least 4 members (excludes halogenated alkanes) is 1. The van der Waals surface area contributed by atoms with Gasteiger partial charge in [0.2, 0.25) is 5.91 Å². The highest BCUT2D eigenvalue weighted by molar-refractivity contribution is 7.99. The van der Waals surface area contributed by atoms with Crippen molar-refractivity contribution < 1.29 is 9.18 Å². The van der Waals surface area contributed by atoms with E-state index in [1.165, 1.54) is 31.4 Å². The molecule has 1 N–H and O–H groups in total. The van der Waals surface area contributed by atoms with Crippen LogP contribution in [-0.2, 0) is 10.5 Å². The Bertz CT molecular complexity index is 408. The molecule has 0 fully saturated rings. The van der Waals surface area contributed by atoms with E-state index in [2.05, 4.69) is 19.2 Å². The minimum absolute atomic E-state index is 0.0945. The molecule has 0 aliphatic carbocycles. The molecule has 0 spiro atoms. The van der Waals surface area contributed by atoms with Gasteiger partial charge >= 0.3 is 0 Å². The summed E-state index contributed by atoms with van der Waals surface area (Å²) in [7, 11) is 0. The van der Waals surface area contributed by atoms with Crippen LogP contribution in [0.25, 0.3) is 0 Å². The lowest BCUT2D eigenvalue weighted by molar-refractivity contribution is -0.118. The lowest BCUT2D eigenvalue weighted by Crippen LogP contribution is -2.30. The Balaban J connectivity index is 2.17. The summed E-state index contributed by atoms with van der Waals surface area (Å²) in [5, 5.41) is 3.02. The van der Waals surface area contributed by atoms with Gasteiger partial charge in [0.1, 0.15) is 5.82 Å². The maximum atomic E-state index is 12.8. The second-order valence-corrected chi connectivity index (χ2v) is 6.33. The third-order valence-electron chi connectivity index (χ3n) is 3.55. The van der Waals surface area contributed by atoms with E-state index >= 15 is 0 Å². The first kappa shape index (κ1) is 18.0. The minimum atomic E-state index is -0.223. The van der Waals surface area contributed by atoms with Crippen molar-refractivity contribution in [3.63, 3.8) is 0 Å². The Kier molecular flexibility index (Phi) is 9.15. The number of nitrogens with one attached hydrogen (secondary N) is 1. The Morgan fingerprint density at radius 1 is 1.29 bits per heavy atom. The van der Waals surface area contributed by atoms with Crippen LogP contribution in [0.15, 0.2) is 24.3 Å². The molecule has 0 aliphatic rings. The van der Waals surface area contributed by atoms with Gasteiger partial charge in [-0.1, -0.05) is 45.2 Å².